The molecule has 21 heavy (non-hydrogen) atoms. The van der Waals surface area contributed by atoms with Crippen LogP contribution in [0, 0.1) is 24.0 Å². The van der Waals surface area contributed by atoms with E-state index in [0.717, 1.165) is 17.1 Å². The number of rotatable bonds is 5. The van der Waals surface area contributed by atoms with E-state index >= 15 is 0 Å². The van der Waals surface area contributed by atoms with Gasteiger partial charge in [-0.15, -0.1) is 0 Å². The average molecular weight is 290 g/mol. The van der Waals surface area contributed by atoms with Gasteiger partial charge in [-0.3, -0.25) is 10.1 Å². The Labute approximate surface area is 122 Å². The fraction of sp³-hybridized carbons (Fsp3) is 0.333. The van der Waals surface area contributed by atoms with E-state index in [2.05, 4.69) is 5.32 Å². The maximum atomic E-state index is 11.0. The van der Waals surface area contributed by atoms with Gasteiger partial charge in [0, 0.05) is 17.3 Å². The van der Waals surface area contributed by atoms with Gasteiger partial charge in [0.15, 0.2) is 5.75 Å². The Morgan fingerprint density at radius 1 is 1.33 bits per heavy atom. The molecule has 0 fully saturated rings. The molecule has 2 rings (SSSR count). The van der Waals surface area contributed by atoms with Gasteiger partial charge in [0.2, 0.25) is 0 Å². The lowest BCUT2D eigenvalue weighted by Gasteiger charge is -2.15. The summed E-state index contributed by atoms with van der Waals surface area (Å²) in [6.07, 6.45) is 0. The number of anilines is 1. The van der Waals surface area contributed by atoms with Gasteiger partial charge in [-0.25, -0.2) is 0 Å². The summed E-state index contributed by atoms with van der Waals surface area (Å²) in [5.74, 6) is 1.93. The van der Waals surface area contributed by atoms with Crippen LogP contribution in [-0.4, -0.2) is 12.0 Å². The van der Waals surface area contributed by atoms with E-state index < -0.39 is 4.92 Å². The van der Waals surface area contributed by atoms with Crippen LogP contribution in [0.5, 0.6) is 5.75 Å². The normalized spacial score (nSPS) is 12.0. The second kappa shape index (κ2) is 5.87. The number of hydrogen-bond donors (Lipinski definition) is 1. The number of aryl methyl sites for hydroxylation is 2. The van der Waals surface area contributed by atoms with Crippen molar-refractivity contribution in [1.29, 1.82) is 0 Å². The van der Waals surface area contributed by atoms with E-state index in [1.165, 1.54) is 13.2 Å². The highest BCUT2D eigenvalue weighted by Crippen LogP contribution is 2.32. The Hall–Kier alpha value is -2.50. The van der Waals surface area contributed by atoms with Crippen molar-refractivity contribution in [3.8, 4) is 5.75 Å². The van der Waals surface area contributed by atoms with Crippen LogP contribution < -0.4 is 10.1 Å². The van der Waals surface area contributed by atoms with Crippen molar-refractivity contribution in [2.45, 2.75) is 26.8 Å². The second-order valence-electron chi connectivity index (χ2n) is 4.88. The molecule has 0 spiro atoms. The lowest BCUT2D eigenvalue weighted by Crippen LogP contribution is -2.07. The molecule has 0 amide bonds. The highest BCUT2D eigenvalue weighted by molar-refractivity contribution is 5.59. The van der Waals surface area contributed by atoms with Crippen LogP contribution in [0.2, 0.25) is 0 Å². The van der Waals surface area contributed by atoms with Gasteiger partial charge in [-0.2, -0.15) is 0 Å². The maximum absolute atomic E-state index is 11.0. The lowest BCUT2D eigenvalue weighted by atomic mass is 10.1. The maximum Gasteiger partial charge on any atom is 0.312 e. The van der Waals surface area contributed by atoms with Crippen LogP contribution in [0.15, 0.2) is 28.7 Å². The molecule has 1 atom stereocenters. The molecule has 112 valence electrons. The molecule has 0 aliphatic heterocycles. The fourth-order valence-corrected chi connectivity index (χ4v) is 2.33. The van der Waals surface area contributed by atoms with Gasteiger partial charge in [0.05, 0.1) is 18.1 Å². The largest absolute Gasteiger partial charge is 0.490 e. The van der Waals surface area contributed by atoms with Crippen molar-refractivity contribution in [2.24, 2.45) is 0 Å². The van der Waals surface area contributed by atoms with Crippen LogP contribution in [0.4, 0.5) is 11.4 Å². The third-order valence-electron chi connectivity index (χ3n) is 3.30. The zero-order chi connectivity index (χ0) is 15.6. The minimum atomic E-state index is -0.456. The molecule has 0 bridgehead atoms. The number of nitro groups is 1. The van der Waals surface area contributed by atoms with Crippen molar-refractivity contribution in [2.75, 3.05) is 12.4 Å². The first-order chi connectivity index (χ1) is 9.92. The predicted molar refractivity (Wildman–Crippen MR) is 79.9 cm³/mol. The van der Waals surface area contributed by atoms with E-state index in [1.807, 2.05) is 26.8 Å². The summed E-state index contributed by atoms with van der Waals surface area (Å²) in [4.78, 5) is 10.6. The first-order valence-electron chi connectivity index (χ1n) is 6.58. The summed E-state index contributed by atoms with van der Waals surface area (Å²) in [6, 6.07) is 6.75. The van der Waals surface area contributed by atoms with Gasteiger partial charge >= 0.3 is 5.69 Å². The van der Waals surface area contributed by atoms with Gasteiger partial charge in [-0.05, 0) is 39.0 Å². The summed E-state index contributed by atoms with van der Waals surface area (Å²) in [5, 5.41) is 14.3. The van der Waals surface area contributed by atoms with Crippen LogP contribution in [0.3, 0.4) is 0 Å². The van der Waals surface area contributed by atoms with Gasteiger partial charge in [0.25, 0.3) is 0 Å². The summed E-state index contributed by atoms with van der Waals surface area (Å²) in [6.45, 7) is 5.77. The van der Waals surface area contributed by atoms with Crippen LogP contribution in [0.1, 0.15) is 30.0 Å². The van der Waals surface area contributed by atoms with Gasteiger partial charge in [-0.1, -0.05) is 0 Å². The van der Waals surface area contributed by atoms with Crippen molar-refractivity contribution in [1.82, 2.24) is 0 Å². The number of ether oxygens (including phenoxy) is 1. The summed E-state index contributed by atoms with van der Waals surface area (Å²) >= 11 is 0. The zero-order valence-corrected chi connectivity index (χ0v) is 12.5. The smallest absolute Gasteiger partial charge is 0.312 e. The minimum Gasteiger partial charge on any atom is -0.490 e. The monoisotopic (exact) mass is 290 g/mol. The van der Waals surface area contributed by atoms with Crippen molar-refractivity contribution < 1.29 is 14.1 Å². The Morgan fingerprint density at radius 2 is 2.05 bits per heavy atom. The average Bonchev–Trinajstić information content (AvgIpc) is 2.77. The molecule has 0 radical (unpaired) electrons. The molecule has 1 aromatic heterocycles. The van der Waals surface area contributed by atoms with Gasteiger partial charge in [0.1, 0.15) is 11.5 Å². The summed E-state index contributed by atoms with van der Waals surface area (Å²) in [7, 11) is 1.41. The van der Waals surface area contributed by atoms with E-state index in [9.17, 15) is 10.1 Å². The number of nitro benzene ring substituents is 1. The van der Waals surface area contributed by atoms with Crippen molar-refractivity contribution >= 4 is 11.4 Å². The first kappa shape index (κ1) is 14.9. The van der Waals surface area contributed by atoms with Crippen LogP contribution in [0.25, 0.3) is 0 Å². The number of hydrogen-bond acceptors (Lipinski definition) is 5. The molecule has 6 heteroatoms. The summed E-state index contributed by atoms with van der Waals surface area (Å²) < 4.78 is 10.5. The molecule has 2 aromatic rings. The van der Waals surface area contributed by atoms with E-state index in [0.29, 0.717) is 5.69 Å². The molecule has 1 heterocycles. The molecule has 1 aromatic carbocycles. The molecule has 0 aliphatic rings. The topological polar surface area (TPSA) is 77.5 Å². The van der Waals surface area contributed by atoms with E-state index in [-0.39, 0.29) is 17.5 Å². The molecule has 1 N–H and O–H groups in total. The third kappa shape index (κ3) is 3.16. The molecule has 1 unspecified atom stereocenters. The first-order valence-corrected chi connectivity index (χ1v) is 6.58. The molecule has 0 saturated carbocycles. The highest BCUT2D eigenvalue weighted by atomic mass is 16.6. The molecule has 6 nitrogen and oxygen atoms in total. The predicted octanol–water partition coefficient (Wildman–Crippen LogP) is 3.99. The molecule has 0 aliphatic carbocycles. The molecular formula is C15H18N2O4. The minimum absolute atomic E-state index is 0.0181. The Balaban J connectivity index is 2.25. The second-order valence-corrected chi connectivity index (χ2v) is 4.88. The summed E-state index contributed by atoms with van der Waals surface area (Å²) in [5.41, 5.74) is 1.63. The lowest BCUT2D eigenvalue weighted by molar-refractivity contribution is -0.385. The number of nitrogens with zero attached hydrogens (tertiary/aromatic N) is 1. The highest BCUT2D eigenvalue weighted by Gasteiger charge is 2.17. The van der Waals surface area contributed by atoms with Gasteiger partial charge < -0.3 is 14.5 Å². The number of methoxy groups -OCH3 is 1. The third-order valence-corrected chi connectivity index (χ3v) is 3.30. The molecule has 0 saturated heterocycles. The van der Waals surface area contributed by atoms with Crippen LogP contribution >= 0.6 is 0 Å². The van der Waals surface area contributed by atoms with Crippen molar-refractivity contribution in [3.05, 3.63) is 51.5 Å². The number of nitrogens with one attached hydrogen (secondary N) is 1. The zero-order valence-electron chi connectivity index (χ0n) is 12.5. The Bertz CT molecular complexity index is 664. The Morgan fingerprint density at radius 3 is 2.57 bits per heavy atom. The fourth-order valence-electron chi connectivity index (χ4n) is 2.33. The SMILES string of the molecule is COc1ccc(NC(C)c2cc(C)oc2C)cc1[N+](=O)[O-]. The van der Waals surface area contributed by atoms with Crippen molar-refractivity contribution in [3.63, 3.8) is 0 Å². The quantitative estimate of drug-likeness (QED) is 0.665. The number of benzene rings is 1. The van der Waals surface area contributed by atoms with E-state index in [4.69, 9.17) is 9.15 Å². The number of furan rings is 1. The molecular weight excluding hydrogens is 272 g/mol. The Kier molecular flexibility index (Phi) is 4.16. The van der Waals surface area contributed by atoms with E-state index in [1.54, 1.807) is 12.1 Å². The van der Waals surface area contributed by atoms with Crippen LogP contribution in [-0.2, 0) is 0 Å². The standard InChI is InChI=1S/C15H18N2O4/c1-9-7-13(11(3)21-9)10(2)16-12-5-6-15(20-4)14(8-12)17(18)19/h5-8,10,16H,1-4H3.